The van der Waals surface area contributed by atoms with Gasteiger partial charge in [0.25, 0.3) is 0 Å². The van der Waals surface area contributed by atoms with E-state index >= 15 is 0 Å². The first-order chi connectivity index (χ1) is 7.15. The number of nitrogens with one attached hydrogen (secondary N) is 2. The first-order valence-electron chi connectivity index (χ1n) is 5.41. The number of aromatic amines is 1. The summed E-state index contributed by atoms with van der Waals surface area (Å²) in [5, 5.41) is 9.66. The number of aryl methyl sites for hydroxylation is 1. The molecule has 4 nitrogen and oxygen atoms in total. The lowest BCUT2D eigenvalue weighted by Crippen LogP contribution is -2.28. The minimum atomic E-state index is 0.0993. The Morgan fingerprint density at radius 2 is 2.40 bits per heavy atom. The molecular formula is C11H19N3O. The number of hydrogen-bond acceptors (Lipinski definition) is 2. The van der Waals surface area contributed by atoms with Crippen LogP contribution in [0.3, 0.4) is 0 Å². The summed E-state index contributed by atoms with van der Waals surface area (Å²) in [7, 11) is 0. The van der Waals surface area contributed by atoms with Crippen molar-refractivity contribution in [3.63, 3.8) is 0 Å². The minimum absolute atomic E-state index is 0.0993. The van der Waals surface area contributed by atoms with Crippen LogP contribution in [-0.4, -0.2) is 16.1 Å². The van der Waals surface area contributed by atoms with E-state index in [1.54, 1.807) is 6.20 Å². The summed E-state index contributed by atoms with van der Waals surface area (Å²) in [5.74, 6) is 0.222. The SMILES string of the molecule is CCC[C@@H](C)C(=O)NCc1cn[nH]c1C. The molecule has 0 aliphatic rings. The molecule has 15 heavy (non-hydrogen) atoms. The van der Waals surface area contributed by atoms with E-state index in [0.29, 0.717) is 6.54 Å². The molecule has 1 heterocycles. The molecule has 0 saturated carbocycles. The first kappa shape index (κ1) is 11.8. The topological polar surface area (TPSA) is 57.8 Å². The van der Waals surface area contributed by atoms with Crippen LogP contribution in [0.4, 0.5) is 0 Å². The smallest absolute Gasteiger partial charge is 0.223 e. The normalized spacial score (nSPS) is 12.5. The zero-order valence-corrected chi connectivity index (χ0v) is 9.63. The van der Waals surface area contributed by atoms with Crippen molar-refractivity contribution in [3.8, 4) is 0 Å². The highest BCUT2D eigenvalue weighted by atomic mass is 16.1. The molecule has 0 unspecified atom stereocenters. The summed E-state index contributed by atoms with van der Waals surface area (Å²) in [6.45, 7) is 6.56. The maximum absolute atomic E-state index is 11.6. The Labute approximate surface area is 90.5 Å². The second kappa shape index (κ2) is 5.53. The van der Waals surface area contributed by atoms with Gasteiger partial charge in [-0.05, 0) is 13.3 Å². The predicted molar refractivity (Wildman–Crippen MR) is 59.2 cm³/mol. The Bertz CT molecular complexity index is 319. The van der Waals surface area contributed by atoms with Crippen molar-refractivity contribution in [2.24, 2.45) is 5.92 Å². The molecule has 84 valence electrons. The number of carbonyl (C=O) groups is 1. The van der Waals surface area contributed by atoms with Crippen molar-refractivity contribution in [1.29, 1.82) is 0 Å². The van der Waals surface area contributed by atoms with E-state index in [1.807, 2.05) is 13.8 Å². The number of hydrogen-bond donors (Lipinski definition) is 2. The largest absolute Gasteiger partial charge is 0.352 e. The van der Waals surface area contributed by atoms with Crippen molar-refractivity contribution in [2.45, 2.75) is 40.2 Å². The molecule has 2 N–H and O–H groups in total. The van der Waals surface area contributed by atoms with Crippen LogP contribution in [-0.2, 0) is 11.3 Å². The van der Waals surface area contributed by atoms with E-state index in [4.69, 9.17) is 0 Å². The van der Waals surface area contributed by atoms with Crippen molar-refractivity contribution in [2.75, 3.05) is 0 Å². The lowest BCUT2D eigenvalue weighted by atomic mass is 10.1. The fraction of sp³-hybridized carbons (Fsp3) is 0.636. The molecule has 0 aliphatic carbocycles. The van der Waals surface area contributed by atoms with Gasteiger partial charge in [-0.1, -0.05) is 20.3 Å². The van der Waals surface area contributed by atoms with E-state index in [-0.39, 0.29) is 11.8 Å². The number of amides is 1. The molecule has 0 bridgehead atoms. The summed E-state index contributed by atoms with van der Waals surface area (Å²) in [6.07, 6.45) is 3.73. The number of carbonyl (C=O) groups excluding carboxylic acids is 1. The molecule has 1 atom stereocenters. The van der Waals surface area contributed by atoms with Crippen LogP contribution in [0.15, 0.2) is 6.20 Å². The van der Waals surface area contributed by atoms with Gasteiger partial charge in [-0.25, -0.2) is 0 Å². The lowest BCUT2D eigenvalue weighted by molar-refractivity contribution is -0.124. The molecule has 0 radical (unpaired) electrons. The van der Waals surface area contributed by atoms with E-state index in [1.165, 1.54) is 0 Å². The Morgan fingerprint density at radius 3 is 2.93 bits per heavy atom. The molecule has 1 aromatic heterocycles. The highest BCUT2D eigenvalue weighted by Gasteiger charge is 2.11. The maximum Gasteiger partial charge on any atom is 0.223 e. The van der Waals surface area contributed by atoms with Gasteiger partial charge in [-0.3, -0.25) is 9.89 Å². The van der Waals surface area contributed by atoms with E-state index in [0.717, 1.165) is 24.1 Å². The molecule has 0 saturated heterocycles. The van der Waals surface area contributed by atoms with Crippen LogP contribution in [0.5, 0.6) is 0 Å². The molecule has 4 heteroatoms. The molecule has 1 rings (SSSR count). The molecule has 1 aromatic rings. The summed E-state index contributed by atoms with van der Waals surface area (Å²) >= 11 is 0. The minimum Gasteiger partial charge on any atom is -0.352 e. The zero-order valence-electron chi connectivity index (χ0n) is 9.63. The van der Waals surface area contributed by atoms with Gasteiger partial charge in [0.05, 0.1) is 6.20 Å². The fourth-order valence-corrected chi connectivity index (χ4v) is 1.47. The molecule has 0 fully saturated rings. The van der Waals surface area contributed by atoms with Crippen LogP contribution in [0, 0.1) is 12.8 Å². The number of aromatic nitrogens is 2. The standard InChI is InChI=1S/C11H19N3O/c1-4-5-8(2)11(15)12-6-10-7-13-14-9(10)3/h7-8H,4-6H2,1-3H3,(H,12,15)(H,13,14)/t8-/m1/s1. The zero-order chi connectivity index (χ0) is 11.3. The highest BCUT2D eigenvalue weighted by molar-refractivity contribution is 5.78. The summed E-state index contributed by atoms with van der Waals surface area (Å²) in [6, 6.07) is 0. The number of nitrogens with zero attached hydrogens (tertiary/aromatic N) is 1. The molecule has 0 aromatic carbocycles. The Kier molecular flexibility index (Phi) is 4.34. The van der Waals surface area contributed by atoms with Crippen molar-refractivity contribution in [3.05, 3.63) is 17.5 Å². The van der Waals surface area contributed by atoms with Gasteiger partial charge in [-0.15, -0.1) is 0 Å². The first-order valence-corrected chi connectivity index (χ1v) is 5.41. The van der Waals surface area contributed by atoms with E-state index in [2.05, 4.69) is 22.4 Å². The van der Waals surface area contributed by atoms with Gasteiger partial charge in [0, 0.05) is 23.7 Å². The molecule has 0 spiro atoms. The van der Waals surface area contributed by atoms with Crippen molar-refractivity contribution < 1.29 is 4.79 Å². The van der Waals surface area contributed by atoms with Gasteiger partial charge >= 0.3 is 0 Å². The second-order valence-corrected chi connectivity index (χ2v) is 3.93. The maximum atomic E-state index is 11.6. The Hall–Kier alpha value is -1.32. The second-order valence-electron chi connectivity index (χ2n) is 3.93. The van der Waals surface area contributed by atoms with Gasteiger partial charge in [0.15, 0.2) is 0 Å². The molecule has 0 aliphatic heterocycles. The van der Waals surface area contributed by atoms with Gasteiger partial charge in [0.1, 0.15) is 0 Å². The molecular weight excluding hydrogens is 190 g/mol. The predicted octanol–water partition coefficient (Wildman–Crippen LogP) is 1.77. The van der Waals surface area contributed by atoms with E-state index in [9.17, 15) is 4.79 Å². The molecule has 1 amide bonds. The monoisotopic (exact) mass is 209 g/mol. The summed E-state index contributed by atoms with van der Waals surface area (Å²) in [5.41, 5.74) is 2.06. The number of rotatable bonds is 5. The fourth-order valence-electron chi connectivity index (χ4n) is 1.47. The van der Waals surface area contributed by atoms with E-state index < -0.39 is 0 Å². The van der Waals surface area contributed by atoms with Crippen LogP contribution >= 0.6 is 0 Å². The van der Waals surface area contributed by atoms with Gasteiger partial charge in [-0.2, -0.15) is 5.10 Å². The van der Waals surface area contributed by atoms with Gasteiger partial charge < -0.3 is 5.32 Å². The average molecular weight is 209 g/mol. The lowest BCUT2D eigenvalue weighted by Gasteiger charge is -2.10. The van der Waals surface area contributed by atoms with Crippen LogP contribution < -0.4 is 5.32 Å². The Balaban J connectivity index is 2.37. The van der Waals surface area contributed by atoms with Crippen molar-refractivity contribution in [1.82, 2.24) is 15.5 Å². The summed E-state index contributed by atoms with van der Waals surface area (Å²) in [4.78, 5) is 11.6. The van der Waals surface area contributed by atoms with Gasteiger partial charge in [0.2, 0.25) is 5.91 Å². The quantitative estimate of drug-likeness (QED) is 0.776. The third kappa shape index (κ3) is 3.38. The number of H-pyrrole nitrogens is 1. The third-order valence-corrected chi connectivity index (χ3v) is 2.56. The Morgan fingerprint density at radius 1 is 1.67 bits per heavy atom. The van der Waals surface area contributed by atoms with Crippen molar-refractivity contribution >= 4 is 5.91 Å². The average Bonchev–Trinajstić information content (AvgIpc) is 2.61. The van der Waals surface area contributed by atoms with Crippen LogP contribution in [0.25, 0.3) is 0 Å². The van der Waals surface area contributed by atoms with Crippen LogP contribution in [0.1, 0.15) is 37.9 Å². The summed E-state index contributed by atoms with van der Waals surface area (Å²) < 4.78 is 0. The highest BCUT2D eigenvalue weighted by Crippen LogP contribution is 2.06. The third-order valence-electron chi connectivity index (χ3n) is 2.56. The van der Waals surface area contributed by atoms with Crippen LogP contribution in [0.2, 0.25) is 0 Å².